The van der Waals surface area contributed by atoms with Gasteiger partial charge in [-0.1, -0.05) is 267 Å². The van der Waals surface area contributed by atoms with E-state index in [1.54, 1.807) is 6.08 Å². The number of ether oxygens (including phenoxy) is 4. The summed E-state index contributed by atoms with van der Waals surface area (Å²) in [5.41, 5.74) is 0. The SMILES string of the molecule is CC/C=C\C/C=C\C/C=C\C/C=C\CCCCCCCCCCCCCCCCCCCCCCCCCCCCCCC(=O)NC(COC1OC(CO)C(OC2OC(CO)C(O)C(O)C2O)C(O)C1O)C(O)/C=C/CC/C=C/CCCCC. The second-order valence-electron chi connectivity index (χ2n) is 23.9. The van der Waals surface area contributed by atoms with Gasteiger partial charge in [-0.3, -0.25) is 4.79 Å². The van der Waals surface area contributed by atoms with Gasteiger partial charge >= 0.3 is 0 Å². The van der Waals surface area contributed by atoms with Crippen molar-refractivity contribution >= 4 is 5.91 Å². The van der Waals surface area contributed by atoms with Gasteiger partial charge in [0.2, 0.25) is 5.91 Å². The molecule has 12 unspecified atom stereocenters. The summed E-state index contributed by atoms with van der Waals surface area (Å²) in [4.78, 5) is 13.2. The molecule has 14 nitrogen and oxygen atoms in total. The molecule has 2 heterocycles. The van der Waals surface area contributed by atoms with Crippen molar-refractivity contribution in [2.75, 3.05) is 19.8 Å². The zero-order chi connectivity index (χ0) is 60.9. The third-order valence-corrected chi connectivity index (χ3v) is 16.4. The molecular weight excluding hydrogens is 1060 g/mol. The molecule has 0 aromatic heterocycles. The molecule has 2 aliphatic heterocycles. The summed E-state index contributed by atoms with van der Waals surface area (Å²) >= 11 is 0. The highest BCUT2D eigenvalue weighted by Gasteiger charge is 2.51. The Morgan fingerprint density at radius 1 is 0.440 bits per heavy atom. The first-order valence-corrected chi connectivity index (χ1v) is 34.2. The van der Waals surface area contributed by atoms with Gasteiger partial charge in [-0.15, -0.1) is 0 Å². The number of allylic oxidation sites excluding steroid dienone is 11. The van der Waals surface area contributed by atoms with Gasteiger partial charge in [0.25, 0.3) is 0 Å². The molecular formula is C70H125NO13. The molecule has 0 saturated carbocycles. The Bertz CT molecular complexity index is 1690. The van der Waals surface area contributed by atoms with Gasteiger partial charge in [0.15, 0.2) is 12.6 Å². The fourth-order valence-electron chi connectivity index (χ4n) is 10.9. The van der Waals surface area contributed by atoms with E-state index in [9.17, 15) is 45.6 Å². The molecule has 1 amide bonds. The highest BCUT2D eigenvalue weighted by molar-refractivity contribution is 5.76. The van der Waals surface area contributed by atoms with Gasteiger partial charge in [0.05, 0.1) is 32.0 Å². The molecule has 0 spiro atoms. The number of unbranched alkanes of at least 4 members (excludes halogenated alkanes) is 32. The first-order valence-electron chi connectivity index (χ1n) is 34.2. The predicted octanol–water partition coefficient (Wildman–Crippen LogP) is 13.5. The third kappa shape index (κ3) is 38.7. The number of carbonyl (C=O) groups is 1. The molecule has 0 aromatic carbocycles. The molecule has 2 fully saturated rings. The number of hydrogen-bond acceptors (Lipinski definition) is 13. The van der Waals surface area contributed by atoms with Gasteiger partial charge in [0, 0.05) is 6.42 Å². The minimum Gasteiger partial charge on any atom is -0.394 e. The largest absolute Gasteiger partial charge is 0.394 e. The predicted molar refractivity (Wildman–Crippen MR) is 341 cm³/mol. The van der Waals surface area contributed by atoms with Gasteiger partial charge in [-0.05, 0) is 70.6 Å². The maximum absolute atomic E-state index is 13.2. The average molecular weight is 1190 g/mol. The van der Waals surface area contributed by atoms with E-state index in [-0.39, 0.29) is 18.9 Å². The van der Waals surface area contributed by atoms with Crippen LogP contribution in [-0.2, 0) is 23.7 Å². The van der Waals surface area contributed by atoms with Crippen LogP contribution in [-0.4, -0.2) is 140 Å². The second kappa shape index (κ2) is 54.6. The summed E-state index contributed by atoms with van der Waals surface area (Å²) in [5.74, 6) is -0.249. The fraction of sp³-hybridized carbons (Fsp3) is 0.814. The van der Waals surface area contributed by atoms with Crippen LogP contribution in [0.3, 0.4) is 0 Å². The van der Waals surface area contributed by atoms with Crippen LogP contribution < -0.4 is 5.32 Å². The number of aliphatic hydroxyl groups excluding tert-OH is 8. The Hall–Kier alpha value is -2.57. The Morgan fingerprint density at radius 3 is 1.31 bits per heavy atom. The summed E-state index contributed by atoms with van der Waals surface area (Å²) in [6.07, 6.45) is 57.4. The van der Waals surface area contributed by atoms with Crippen LogP contribution in [0.15, 0.2) is 72.9 Å². The quantitative estimate of drug-likeness (QED) is 0.0204. The lowest BCUT2D eigenvalue weighted by molar-refractivity contribution is -0.359. The van der Waals surface area contributed by atoms with Crippen LogP contribution in [0.25, 0.3) is 0 Å². The molecule has 0 radical (unpaired) electrons. The van der Waals surface area contributed by atoms with E-state index in [1.807, 2.05) is 6.08 Å². The maximum atomic E-state index is 13.2. The van der Waals surface area contributed by atoms with E-state index in [1.165, 1.54) is 173 Å². The monoisotopic (exact) mass is 1190 g/mol. The van der Waals surface area contributed by atoms with E-state index >= 15 is 0 Å². The van der Waals surface area contributed by atoms with Gasteiger partial charge in [-0.2, -0.15) is 0 Å². The molecule has 2 saturated heterocycles. The van der Waals surface area contributed by atoms with Crippen LogP contribution in [0.1, 0.15) is 271 Å². The van der Waals surface area contributed by atoms with Crippen LogP contribution >= 0.6 is 0 Å². The lowest BCUT2D eigenvalue weighted by Gasteiger charge is -2.46. The van der Waals surface area contributed by atoms with Gasteiger partial charge < -0.3 is 65.1 Å². The average Bonchev–Trinajstić information content (AvgIpc) is 2.28. The molecule has 9 N–H and O–H groups in total. The van der Waals surface area contributed by atoms with E-state index in [4.69, 9.17) is 18.9 Å². The standard InChI is InChI=1S/C70H125NO13/c1-3-5-7-9-11-13-14-15-16-17-18-19-20-21-22-23-24-25-26-27-28-29-30-31-32-33-34-35-36-37-38-39-40-41-42-43-44-46-48-50-52-54-62(75)71-58(59(74)53-51-49-47-45-12-10-8-6-4-2)57-81-69-67(80)65(78)68(61(56-73)83-69)84-70-66(79)64(77)63(76)60(55-72)82-70/h5,7,11-13,15-16,18-19,45,51,53,58-61,63-70,72-74,76-80H,3-4,6,8-10,14,17,20-44,46-50,52,54-57H2,1-2H3,(H,71,75)/b7-5-,13-11-,16-15-,19-18-,45-12+,53-51+. The molecule has 2 rings (SSSR count). The van der Waals surface area contributed by atoms with E-state index in [0.717, 1.165) is 64.2 Å². The summed E-state index contributed by atoms with van der Waals surface area (Å²) in [5, 5.41) is 86.9. The maximum Gasteiger partial charge on any atom is 0.220 e. The summed E-state index contributed by atoms with van der Waals surface area (Å²) in [6.45, 7) is 2.61. The normalized spacial score (nSPS) is 24.1. The Kier molecular flexibility index (Phi) is 50.4. The number of aliphatic hydroxyl groups is 8. The summed E-state index contributed by atoms with van der Waals surface area (Å²) in [7, 11) is 0. The Labute approximate surface area is 510 Å². The number of hydrogen-bond donors (Lipinski definition) is 9. The Balaban J connectivity index is 1.50. The van der Waals surface area contributed by atoms with E-state index in [2.05, 4.69) is 79.9 Å². The molecule has 488 valence electrons. The van der Waals surface area contributed by atoms with Crippen molar-refractivity contribution < 1.29 is 64.6 Å². The van der Waals surface area contributed by atoms with Crippen molar-refractivity contribution in [3.05, 3.63) is 72.9 Å². The first-order chi connectivity index (χ1) is 41.1. The lowest BCUT2D eigenvalue weighted by Crippen LogP contribution is -2.65. The highest BCUT2D eigenvalue weighted by atomic mass is 16.7. The number of amides is 1. The van der Waals surface area contributed by atoms with Crippen LogP contribution in [0.5, 0.6) is 0 Å². The van der Waals surface area contributed by atoms with Crippen LogP contribution in [0.2, 0.25) is 0 Å². The van der Waals surface area contributed by atoms with Crippen molar-refractivity contribution in [1.29, 1.82) is 0 Å². The molecule has 2 aliphatic rings. The third-order valence-electron chi connectivity index (χ3n) is 16.4. The van der Waals surface area contributed by atoms with Crippen LogP contribution in [0.4, 0.5) is 0 Å². The second-order valence-corrected chi connectivity index (χ2v) is 23.9. The molecule has 14 heteroatoms. The highest BCUT2D eigenvalue weighted by Crippen LogP contribution is 2.30. The molecule has 0 aromatic rings. The smallest absolute Gasteiger partial charge is 0.220 e. The zero-order valence-electron chi connectivity index (χ0n) is 52.9. The number of rotatable bonds is 55. The fourth-order valence-corrected chi connectivity index (χ4v) is 10.9. The summed E-state index contributed by atoms with van der Waals surface area (Å²) in [6, 6.07) is -0.929. The lowest BCUT2D eigenvalue weighted by atomic mass is 9.97. The molecule has 0 aliphatic carbocycles. The van der Waals surface area contributed by atoms with E-state index in [0.29, 0.717) is 12.8 Å². The van der Waals surface area contributed by atoms with Crippen molar-refractivity contribution in [3.63, 3.8) is 0 Å². The molecule has 0 bridgehead atoms. The summed E-state index contributed by atoms with van der Waals surface area (Å²) < 4.78 is 22.7. The van der Waals surface area contributed by atoms with Crippen molar-refractivity contribution in [1.82, 2.24) is 5.32 Å². The topological polar surface area (TPSA) is 228 Å². The van der Waals surface area contributed by atoms with Crippen molar-refractivity contribution in [2.24, 2.45) is 0 Å². The minimum atomic E-state index is -1.79. The molecule has 12 atom stereocenters. The Morgan fingerprint density at radius 2 is 0.833 bits per heavy atom. The van der Waals surface area contributed by atoms with Crippen molar-refractivity contribution in [3.8, 4) is 0 Å². The van der Waals surface area contributed by atoms with Crippen molar-refractivity contribution in [2.45, 2.75) is 344 Å². The number of carbonyl (C=O) groups excluding carboxylic acids is 1. The van der Waals surface area contributed by atoms with Gasteiger partial charge in [0.1, 0.15) is 48.8 Å². The molecule has 84 heavy (non-hydrogen) atoms. The zero-order valence-corrected chi connectivity index (χ0v) is 52.9. The van der Waals surface area contributed by atoms with Gasteiger partial charge in [-0.25, -0.2) is 0 Å². The first kappa shape index (κ1) is 77.5. The minimum absolute atomic E-state index is 0.249. The van der Waals surface area contributed by atoms with E-state index < -0.39 is 86.8 Å². The van der Waals surface area contributed by atoms with Crippen LogP contribution in [0, 0.1) is 0 Å². The number of nitrogens with one attached hydrogen (secondary N) is 1.